The van der Waals surface area contributed by atoms with E-state index in [0.717, 1.165) is 23.0 Å². The van der Waals surface area contributed by atoms with E-state index in [1.54, 1.807) is 17.7 Å². The normalized spacial score (nSPS) is 10.6. The van der Waals surface area contributed by atoms with Gasteiger partial charge >= 0.3 is 0 Å². The molecule has 0 radical (unpaired) electrons. The largest absolute Gasteiger partial charge is 0.384 e. The van der Waals surface area contributed by atoms with Gasteiger partial charge in [-0.3, -0.25) is 9.59 Å². The maximum Gasteiger partial charge on any atom is 0.252 e. The highest BCUT2D eigenvalue weighted by Crippen LogP contribution is 2.20. The Morgan fingerprint density at radius 1 is 1.24 bits per heavy atom. The van der Waals surface area contributed by atoms with Gasteiger partial charge in [0.15, 0.2) is 0 Å². The van der Waals surface area contributed by atoms with Crippen LogP contribution in [0, 0.1) is 0 Å². The highest BCUT2D eigenvalue weighted by Gasteiger charge is 2.06. The molecular weight excluding hydrogens is 266 g/mol. The van der Waals surface area contributed by atoms with Gasteiger partial charge in [-0.1, -0.05) is 25.1 Å². The molecule has 0 aliphatic heterocycles. The molecule has 0 saturated heterocycles. The van der Waals surface area contributed by atoms with E-state index in [0.29, 0.717) is 19.5 Å². The maximum absolute atomic E-state index is 11.9. The van der Waals surface area contributed by atoms with Crippen molar-refractivity contribution in [2.75, 3.05) is 18.4 Å². The summed E-state index contributed by atoms with van der Waals surface area (Å²) in [5, 5.41) is 7.00. The lowest BCUT2D eigenvalue weighted by atomic mass is 10.1. The Labute approximate surface area is 124 Å². The maximum atomic E-state index is 11.9. The number of nitrogens with zero attached hydrogens (tertiary/aromatic N) is 1. The fraction of sp³-hybridized carbons (Fsp3) is 0.375. The van der Waals surface area contributed by atoms with Crippen LogP contribution in [0.2, 0.25) is 0 Å². The second kappa shape index (κ2) is 6.92. The molecule has 1 heterocycles. The standard InChI is InChI=1S/C16H21N3O2/c1-3-9-18-15(20)8-10-17-13-11-16(21)19(2)14-7-5-4-6-12(13)14/h4-7,11,17H,3,8-10H2,1-2H3,(H,18,20). The van der Waals surface area contributed by atoms with Gasteiger partial charge < -0.3 is 15.2 Å². The molecule has 0 fully saturated rings. The Kier molecular flexibility index (Phi) is 4.98. The van der Waals surface area contributed by atoms with E-state index in [9.17, 15) is 9.59 Å². The zero-order valence-electron chi connectivity index (χ0n) is 12.5. The Bertz CT molecular complexity index is 691. The van der Waals surface area contributed by atoms with Crippen LogP contribution in [-0.2, 0) is 11.8 Å². The first-order chi connectivity index (χ1) is 10.1. The smallest absolute Gasteiger partial charge is 0.252 e. The predicted molar refractivity (Wildman–Crippen MR) is 85.6 cm³/mol. The third kappa shape index (κ3) is 3.62. The minimum atomic E-state index is -0.0633. The Balaban J connectivity index is 2.11. The number of anilines is 1. The third-order valence-corrected chi connectivity index (χ3v) is 3.39. The lowest BCUT2D eigenvalue weighted by molar-refractivity contribution is -0.120. The van der Waals surface area contributed by atoms with E-state index in [4.69, 9.17) is 0 Å². The van der Waals surface area contributed by atoms with Gasteiger partial charge in [-0.2, -0.15) is 0 Å². The predicted octanol–water partition coefficient (Wildman–Crippen LogP) is 1.87. The molecular formula is C16H21N3O2. The van der Waals surface area contributed by atoms with Gasteiger partial charge in [-0.05, 0) is 12.5 Å². The number of nitrogens with one attached hydrogen (secondary N) is 2. The van der Waals surface area contributed by atoms with Crippen LogP contribution in [0.1, 0.15) is 19.8 Å². The number of para-hydroxylation sites is 1. The van der Waals surface area contributed by atoms with Gasteiger partial charge in [-0.25, -0.2) is 0 Å². The van der Waals surface area contributed by atoms with Crippen molar-refractivity contribution in [2.24, 2.45) is 7.05 Å². The minimum absolute atomic E-state index is 0.0255. The molecule has 2 rings (SSSR count). The Morgan fingerprint density at radius 2 is 2.00 bits per heavy atom. The van der Waals surface area contributed by atoms with Crippen molar-refractivity contribution in [2.45, 2.75) is 19.8 Å². The van der Waals surface area contributed by atoms with Crippen LogP contribution in [0.3, 0.4) is 0 Å². The lowest BCUT2D eigenvalue weighted by Crippen LogP contribution is -2.26. The summed E-state index contributed by atoms with van der Waals surface area (Å²) in [6.07, 6.45) is 1.32. The molecule has 2 N–H and O–H groups in total. The van der Waals surface area contributed by atoms with Crippen LogP contribution in [0.4, 0.5) is 5.69 Å². The summed E-state index contributed by atoms with van der Waals surface area (Å²) in [5.41, 5.74) is 1.59. The van der Waals surface area contributed by atoms with Gasteiger partial charge in [0.25, 0.3) is 5.56 Å². The molecule has 0 aliphatic rings. The van der Waals surface area contributed by atoms with E-state index >= 15 is 0 Å². The number of aryl methyl sites for hydroxylation is 1. The third-order valence-electron chi connectivity index (χ3n) is 3.39. The van der Waals surface area contributed by atoms with Crippen molar-refractivity contribution in [3.8, 4) is 0 Å². The van der Waals surface area contributed by atoms with Gasteiger partial charge in [0, 0.05) is 43.7 Å². The van der Waals surface area contributed by atoms with Crippen molar-refractivity contribution >= 4 is 22.5 Å². The lowest BCUT2D eigenvalue weighted by Gasteiger charge is -2.12. The molecule has 1 amide bonds. The van der Waals surface area contributed by atoms with E-state index in [2.05, 4.69) is 10.6 Å². The number of carbonyl (C=O) groups excluding carboxylic acids is 1. The summed E-state index contributed by atoms with van der Waals surface area (Å²) in [6, 6.07) is 9.30. The highest BCUT2D eigenvalue weighted by atomic mass is 16.1. The van der Waals surface area contributed by atoms with Gasteiger partial charge in [0.2, 0.25) is 5.91 Å². The van der Waals surface area contributed by atoms with Gasteiger partial charge in [0.05, 0.1) is 5.52 Å². The Morgan fingerprint density at radius 3 is 2.76 bits per heavy atom. The van der Waals surface area contributed by atoms with Gasteiger partial charge in [0.1, 0.15) is 0 Å². The first kappa shape index (κ1) is 15.1. The molecule has 5 heteroatoms. The number of fused-ring (bicyclic) bond motifs is 1. The number of carbonyl (C=O) groups is 1. The molecule has 0 saturated carbocycles. The first-order valence-corrected chi connectivity index (χ1v) is 7.23. The molecule has 1 aromatic heterocycles. The summed E-state index contributed by atoms with van der Waals surface area (Å²) < 4.78 is 1.62. The fourth-order valence-electron chi connectivity index (χ4n) is 2.22. The number of aromatic nitrogens is 1. The minimum Gasteiger partial charge on any atom is -0.384 e. The molecule has 0 bridgehead atoms. The molecule has 5 nitrogen and oxygen atoms in total. The van der Waals surface area contributed by atoms with Crippen LogP contribution in [0.25, 0.3) is 10.9 Å². The molecule has 21 heavy (non-hydrogen) atoms. The number of amides is 1. The summed E-state index contributed by atoms with van der Waals surface area (Å²) in [4.78, 5) is 23.5. The van der Waals surface area contributed by atoms with Crippen molar-refractivity contribution in [3.05, 3.63) is 40.7 Å². The monoisotopic (exact) mass is 287 g/mol. The van der Waals surface area contributed by atoms with Crippen molar-refractivity contribution < 1.29 is 4.79 Å². The van der Waals surface area contributed by atoms with Crippen LogP contribution >= 0.6 is 0 Å². The molecule has 112 valence electrons. The number of pyridine rings is 1. The van der Waals surface area contributed by atoms with Gasteiger partial charge in [-0.15, -0.1) is 0 Å². The first-order valence-electron chi connectivity index (χ1n) is 7.23. The molecule has 0 aliphatic carbocycles. The summed E-state index contributed by atoms with van der Waals surface area (Å²) in [7, 11) is 1.76. The van der Waals surface area contributed by atoms with Crippen molar-refractivity contribution in [1.82, 2.24) is 9.88 Å². The van der Waals surface area contributed by atoms with E-state index in [1.807, 2.05) is 31.2 Å². The second-order valence-corrected chi connectivity index (χ2v) is 5.00. The fourth-order valence-corrected chi connectivity index (χ4v) is 2.22. The number of hydrogen-bond donors (Lipinski definition) is 2. The van der Waals surface area contributed by atoms with E-state index in [-0.39, 0.29) is 11.5 Å². The number of hydrogen-bond acceptors (Lipinski definition) is 3. The zero-order chi connectivity index (χ0) is 15.2. The molecule has 1 aromatic carbocycles. The van der Waals surface area contributed by atoms with Crippen LogP contribution in [0.15, 0.2) is 35.1 Å². The van der Waals surface area contributed by atoms with Crippen LogP contribution < -0.4 is 16.2 Å². The highest BCUT2D eigenvalue weighted by molar-refractivity contribution is 5.91. The summed E-state index contributed by atoms with van der Waals surface area (Å²) in [6.45, 7) is 3.23. The van der Waals surface area contributed by atoms with Crippen molar-refractivity contribution in [1.29, 1.82) is 0 Å². The zero-order valence-corrected chi connectivity index (χ0v) is 12.5. The molecule has 2 aromatic rings. The summed E-state index contributed by atoms with van der Waals surface area (Å²) >= 11 is 0. The molecule has 0 spiro atoms. The average Bonchev–Trinajstić information content (AvgIpc) is 2.50. The SMILES string of the molecule is CCCNC(=O)CCNc1cc(=O)n(C)c2ccccc12. The Hall–Kier alpha value is -2.30. The van der Waals surface area contributed by atoms with Crippen molar-refractivity contribution in [3.63, 3.8) is 0 Å². The molecule has 0 unspecified atom stereocenters. The topological polar surface area (TPSA) is 63.1 Å². The van der Waals surface area contributed by atoms with Crippen LogP contribution in [0.5, 0.6) is 0 Å². The quantitative estimate of drug-likeness (QED) is 0.852. The average molecular weight is 287 g/mol. The molecule has 0 atom stereocenters. The summed E-state index contributed by atoms with van der Waals surface area (Å²) in [5.74, 6) is 0.0255. The number of rotatable bonds is 6. The van der Waals surface area contributed by atoms with E-state index in [1.165, 1.54) is 0 Å². The second-order valence-electron chi connectivity index (χ2n) is 5.00. The van der Waals surface area contributed by atoms with Crippen LogP contribution in [-0.4, -0.2) is 23.6 Å². The number of benzene rings is 1. The van der Waals surface area contributed by atoms with E-state index < -0.39 is 0 Å².